The van der Waals surface area contributed by atoms with E-state index in [0.29, 0.717) is 81.3 Å². The summed E-state index contributed by atoms with van der Waals surface area (Å²) in [5.41, 5.74) is 1.74. The molecule has 11 heteroatoms. The zero-order valence-electron chi connectivity index (χ0n) is 38.0. The van der Waals surface area contributed by atoms with Gasteiger partial charge in [0.15, 0.2) is 6.04 Å². The molecule has 60 heavy (non-hydrogen) atoms. The molecule has 1 saturated carbocycles. The molecule has 3 rings (SSSR count). The van der Waals surface area contributed by atoms with Crippen LogP contribution >= 0.6 is 0 Å². The standard InChI is InChI=1S/C49H77NO10/c1-32(20-23-40-24-22-38(7)49(58,60-40)46(54)47(55)50-26-13-12-19-42(50)48(56)57)15-10-9-11-16-33(2)27-35(4)44(52)31-45(53)37(6)29-36(5)43(51)25-21-34(3)28-39-17-14-18-41(30-39)59-8/h9-11,15-16,29,33-36,38-42,45,53,58H,12-14,17-28,30-31H2,1-8H3,(H,56,57)/p+1/b10-9+,16-11+,32-15+,37-29+/t33-,34+,35?,36-,38?,39?,40-,41?,42?,45?,49-/m1/s1. The molecule has 1 amide bonds. The summed E-state index contributed by atoms with van der Waals surface area (Å²) in [6, 6.07) is -0.969. The number of aliphatic hydroxyl groups excluding tert-OH is 1. The van der Waals surface area contributed by atoms with Gasteiger partial charge < -0.3 is 29.7 Å². The number of hydrogen-bond donors (Lipinski definition) is 2. The maximum Gasteiger partial charge on any atom is 0.538 e. The van der Waals surface area contributed by atoms with Crippen molar-refractivity contribution in [3.63, 3.8) is 0 Å². The van der Waals surface area contributed by atoms with Gasteiger partial charge in [-0.15, -0.1) is 0 Å². The van der Waals surface area contributed by atoms with Gasteiger partial charge in [0, 0.05) is 49.0 Å². The van der Waals surface area contributed by atoms with E-state index in [-0.39, 0.29) is 42.3 Å². The molecule has 3 aliphatic rings. The first-order valence-electron chi connectivity index (χ1n) is 22.8. The van der Waals surface area contributed by atoms with Crippen LogP contribution in [-0.2, 0) is 33.4 Å². The number of rotatable bonds is 23. The van der Waals surface area contributed by atoms with Gasteiger partial charge in [0.05, 0.1) is 18.3 Å². The van der Waals surface area contributed by atoms with Crippen molar-refractivity contribution in [1.82, 2.24) is 4.90 Å². The number of nitrogens with zero attached hydrogens (tertiary/aromatic N) is 1. The number of carbonyl (C=O) groups excluding carboxylic acids is 5. The number of Topliss-reactive ketones (excluding diaryl/α,β-unsaturated/α-hetero) is 3. The number of piperidine rings is 1. The molecule has 11 atom stereocenters. The lowest BCUT2D eigenvalue weighted by Crippen LogP contribution is -2.60. The fourth-order valence-corrected chi connectivity index (χ4v) is 9.17. The average Bonchev–Trinajstić information content (AvgIpc) is 3.22. The number of allylic oxidation sites excluding steroid dienone is 7. The topological polar surface area (TPSA) is 170 Å². The van der Waals surface area contributed by atoms with Crippen molar-refractivity contribution >= 4 is 29.2 Å². The highest BCUT2D eigenvalue weighted by Crippen LogP contribution is 2.36. The lowest BCUT2D eigenvalue weighted by molar-refractivity contribution is -0.263. The number of ketones is 3. The Bertz CT molecular complexity index is 1560. The van der Waals surface area contributed by atoms with E-state index in [1.165, 1.54) is 12.8 Å². The molecule has 3 fully saturated rings. The average molecular weight is 841 g/mol. The minimum Gasteiger partial charge on any atom is -0.563 e. The molecule has 0 radical (unpaired) electrons. The largest absolute Gasteiger partial charge is 0.563 e. The molecule has 4 N–H and O–H groups in total. The Morgan fingerprint density at radius 3 is 2.37 bits per heavy atom. The number of ether oxygens (including phenoxy) is 2. The van der Waals surface area contributed by atoms with Crippen LogP contribution in [0.4, 0.5) is 0 Å². The monoisotopic (exact) mass is 841 g/mol. The van der Waals surface area contributed by atoms with Crippen LogP contribution < -0.4 is 0 Å². The van der Waals surface area contributed by atoms with E-state index < -0.39 is 47.6 Å². The normalized spacial score (nSPS) is 28.3. The van der Waals surface area contributed by atoms with E-state index in [9.17, 15) is 34.2 Å². The highest BCUT2D eigenvalue weighted by Gasteiger charge is 2.53. The smallest absolute Gasteiger partial charge is 0.538 e. The molecule has 0 aromatic carbocycles. The molecule has 11 nitrogen and oxygen atoms in total. The Hall–Kier alpha value is -3.25. The van der Waals surface area contributed by atoms with Gasteiger partial charge in [-0.25, -0.2) is 0 Å². The molecule has 0 spiro atoms. The Morgan fingerprint density at radius 1 is 0.933 bits per heavy atom. The predicted molar refractivity (Wildman–Crippen MR) is 235 cm³/mol. The van der Waals surface area contributed by atoms with E-state index in [4.69, 9.17) is 14.6 Å². The Morgan fingerprint density at radius 2 is 1.67 bits per heavy atom. The van der Waals surface area contributed by atoms with Crippen molar-refractivity contribution in [2.45, 2.75) is 181 Å². The fourth-order valence-electron chi connectivity index (χ4n) is 9.17. The summed E-state index contributed by atoms with van der Waals surface area (Å²) in [5.74, 6) is -4.88. The quantitative estimate of drug-likeness (QED) is 0.0454. The molecule has 2 saturated heterocycles. The van der Waals surface area contributed by atoms with E-state index >= 15 is 0 Å². The Labute approximate surface area is 360 Å². The van der Waals surface area contributed by atoms with Crippen molar-refractivity contribution in [2.24, 2.45) is 35.5 Å². The summed E-state index contributed by atoms with van der Waals surface area (Å²) in [5, 5.41) is 29.7. The number of likely N-dealkylation sites (tertiary alicyclic amines) is 1. The zero-order valence-corrected chi connectivity index (χ0v) is 38.0. The van der Waals surface area contributed by atoms with Crippen LogP contribution in [0.3, 0.4) is 0 Å². The summed E-state index contributed by atoms with van der Waals surface area (Å²) in [4.78, 5) is 65.4. The van der Waals surface area contributed by atoms with Gasteiger partial charge in [0.25, 0.3) is 11.7 Å². The molecule has 0 aromatic rings. The minimum absolute atomic E-state index is 0.00193. The lowest BCUT2D eigenvalue weighted by Gasteiger charge is -2.41. The van der Waals surface area contributed by atoms with Crippen LogP contribution in [0.1, 0.15) is 151 Å². The minimum atomic E-state index is -2.27. The first-order valence-corrected chi connectivity index (χ1v) is 22.8. The van der Waals surface area contributed by atoms with Crippen LogP contribution in [0.2, 0.25) is 0 Å². The summed E-state index contributed by atoms with van der Waals surface area (Å²) in [6.45, 7) is 13.7. The molecule has 6 unspecified atom stereocenters. The van der Waals surface area contributed by atoms with Crippen LogP contribution in [0.25, 0.3) is 0 Å². The van der Waals surface area contributed by atoms with Gasteiger partial charge >= 0.3 is 5.97 Å². The van der Waals surface area contributed by atoms with Gasteiger partial charge in [-0.2, -0.15) is 0 Å². The number of aliphatic hydroxyl groups is 2. The lowest BCUT2D eigenvalue weighted by atomic mass is 9.80. The van der Waals surface area contributed by atoms with Gasteiger partial charge in [-0.3, -0.25) is 19.2 Å². The fraction of sp³-hybridized carbons (Fsp3) is 0.735. The third-order valence-electron chi connectivity index (χ3n) is 13.3. The van der Waals surface area contributed by atoms with Crippen molar-refractivity contribution in [3.8, 4) is 0 Å². The second-order valence-electron chi connectivity index (χ2n) is 18.7. The van der Waals surface area contributed by atoms with Crippen LogP contribution in [0.15, 0.2) is 47.6 Å². The molecule has 0 aromatic heterocycles. The molecule has 1 aliphatic carbocycles. The van der Waals surface area contributed by atoms with Crippen molar-refractivity contribution in [1.29, 1.82) is 0 Å². The van der Waals surface area contributed by atoms with E-state index in [0.717, 1.165) is 36.2 Å². The zero-order chi connectivity index (χ0) is 44.6. The summed E-state index contributed by atoms with van der Waals surface area (Å²) in [7, 11) is 1.80. The molecule has 0 bridgehead atoms. The third kappa shape index (κ3) is 15.9. The van der Waals surface area contributed by atoms with Crippen molar-refractivity contribution in [2.75, 3.05) is 13.7 Å². The highest BCUT2D eigenvalue weighted by atomic mass is 16.6. The van der Waals surface area contributed by atoms with Crippen LogP contribution in [0.5, 0.6) is 0 Å². The maximum absolute atomic E-state index is 13.3. The summed E-state index contributed by atoms with van der Waals surface area (Å²) >= 11 is 0. The van der Waals surface area contributed by atoms with Crippen LogP contribution in [0, 0.1) is 35.5 Å². The Kier molecular flexibility index (Phi) is 21.3. The molecule has 338 valence electrons. The second kappa shape index (κ2) is 25.0. The predicted octanol–water partition coefficient (Wildman–Crippen LogP) is 7.68. The third-order valence-corrected chi connectivity index (χ3v) is 13.3. The molecular formula is C49H78NO10+. The van der Waals surface area contributed by atoms with E-state index in [2.05, 4.69) is 13.8 Å². The number of carbonyl (C=O) groups is 5. The highest BCUT2D eigenvalue weighted by molar-refractivity contribution is 6.39. The van der Waals surface area contributed by atoms with Crippen molar-refractivity contribution < 1.29 is 48.8 Å². The molecule has 2 heterocycles. The first-order chi connectivity index (χ1) is 28.4. The summed E-state index contributed by atoms with van der Waals surface area (Å²) in [6.07, 6.45) is 22.6. The number of amides is 1. The Balaban J connectivity index is 1.38. The van der Waals surface area contributed by atoms with E-state index in [1.807, 2.05) is 57.2 Å². The van der Waals surface area contributed by atoms with Crippen LogP contribution in [-0.4, -0.2) is 93.2 Å². The second-order valence-corrected chi connectivity index (χ2v) is 18.7. The number of hydrogen-bond acceptors (Lipinski definition) is 9. The molecule has 2 aliphatic heterocycles. The number of methoxy groups -OCH3 is 1. The van der Waals surface area contributed by atoms with Crippen molar-refractivity contribution in [3.05, 3.63) is 47.6 Å². The van der Waals surface area contributed by atoms with E-state index in [1.54, 1.807) is 21.0 Å². The van der Waals surface area contributed by atoms with Gasteiger partial charge in [0.1, 0.15) is 11.6 Å². The molecular weight excluding hydrogens is 763 g/mol. The first kappa shape index (κ1) is 51.1. The van der Waals surface area contributed by atoms with Gasteiger partial charge in [-0.05, 0) is 114 Å². The SMILES string of the molecule is COC1CCCC(C[C@@H](C)CCC(=O)[C@H](C)/C=C(\C)C(O)CC(=O)C(C)C[C@H](C)/C=C/C=C/C=C(\C)CC[C@@H]2CCC(C)[C@](O)(C(=O)C(=O)N3CCCCC3C(=O)[OH2+])O2)C1. The van der Waals surface area contributed by atoms with Gasteiger partial charge in [-0.1, -0.05) is 89.5 Å². The summed E-state index contributed by atoms with van der Waals surface area (Å²) < 4.78 is 11.5. The maximum atomic E-state index is 13.3. The van der Waals surface area contributed by atoms with Gasteiger partial charge in [0.2, 0.25) is 5.79 Å².